The van der Waals surface area contributed by atoms with Gasteiger partial charge in [-0.2, -0.15) is 0 Å². The number of hydrogen-bond donors (Lipinski definition) is 1. The molecule has 1 heterocycles. The van der Waals surface area contributed by atoms with E-state index in [-0.39, 0.29) is 22.9 Å². The molecule has 0 aliphatic rings. The van der Waals surface area contributed by atoms with Gasteiger partial charge in [0.1, 0.15) is 10.8 Å². The molecule has 1 amide bonds. The summed E-state index contributed by atoms with van der Waals surface area (Å²) in [4.78, 5) is 27.8. The minimum Gasteiger partial charge on any atom is -0.481 e. The maximum atomic E-state index is 12.3. The Morgan fingerprint density at radius 1 is 1.23 bits per heavy atom. The summed E-state index contributed by atoms with van der Waals surface area (Å²) in [5.74, 6) is -0.192. The molecule has 1 unspecified atom stereocenters. The van der Waals surface area contributed by atoms with Crippen LogP contribution in [0.4, 0.5) is 5.00 Å². The summed E-state index contributed by atoms with van der Waals surface area (Å²) in [7, 11) is 0. The number of esters is 1. The lowest BCUT2D eigenvalue weighted by molar-refractivity contribution is -0.122. The van der Waals surface area contributed by atoms with Crippen LogP contribution >= 0.6 is 11.3 Å². The molecule has 1 aromatic carbocycles. The highest BCUT2D eigenvalue weighted by Gasteiger charge is 2.19. The van der Waals surface area contributed by atoms with Crippen LogP contribution in [-0.4, -0.2) is 29.6 Å². The minimum absolute atomic E-state index is 0.0598. The zero-order valence-electron chi connectivity index (χ0n) is 15.7. The molecule has 0 spiro atoms. The summed E-state index contributed by atoms with van der Waals surface area (Å²) in [6.45, 7) is 10.1. The third-order valence-electron chi connectivity index (χ3n) is 3.60. The van der Waals surface area contributed by atoms with Gasteiger partial charge in [0.2, 0.25) is 5.01 Å². The lowest BCUT2D eigenvalue weighted by atomic mass is 9.87. The third kappa shape index (κ3) is 5.29. The number of nitrogens with zero attached hydrogens (tertiary/aromatic N) is 1. The Kier molecular flexibility index (Phi) is 6.37. The van der Waals surface area contributed by atoms with E-state index < -0.39 is 12.1 Å². The molecule has 6 nitrogen and oxygen atoms in total. The summed E-state index contributed by atoms with van der Waals surface area (Å²) in [5, 5.41) is 3.37. The fraction of sp³-hybridized carbons (Fsp3) is 0.421. The predicted octanol–water partition coefficient (Wildman–Crippen LogP) is 4.02. The Labute approximate surface area is 157 Å². The topological polar surface area (TPSA) is 77.5 Å². The normalized spacial score (nSPS) is 12.3. The van der Waals surface area contributed by atoms with Gasteiger partial charge in [-0.1, -0.05) is 44.2 Å². The van der Waals surface area contributed by atoms with E-state index in [9.17, 15) is 9.59 Å². The van der Waals surface area contributed by atoms with Crippen molar-refractivity contribution in [2.45, 2.75) is 46.1 Å². The van der Waals surface area contributed by atoms with Crippen LogP contribution in [-0.2, 0) is 14.9 Å². The summed E-state index contributed by atoms with van der Waals surface area (Å²) in [6.07, 6.45) is 0.739. The number of nitrogens with one attached hydrogen (secondary N) is 1. The molecule has 0 saturated carbocycles. The van der Waals surface area contributed by atoms with Crippen molar-refractivity contribution >= 4 is 28.2 Å². The van der Waals surface area contributed by atoms with E-state index in [1.807, 2.05) is 24.3 Å². The number of hydrogen-bond acceptors (Lipinski definition) is 6. The van der Waals surface area contributed by atoms with Crippen molar-refractivity contribution in [2.75, 3.05) is 11.9 Å². The number of carbonyl (C=O) groups is 2. The molecule has 1 N–H and O–H groups in total. The smallest absolute Gasteiger partial charge is 0.367 e. The number of rotatable bonds is 6. The second-order valence-electron chi connectivity index (χ2n) is 6.77. The van der Waals surface area contributed by atoms with Gasteiger partial charge >= 0.3 is 5.97 Å². The van der Waals surface area contributed by atoms with Crippen molar-refractivity contribution in [1.82, 2.24) is 4.98 Å². The van der Waals surface area contributed by atoms with Gasteiger partial charge in [-0.25, -0.2) is 9.78 Å². The fourth-order valence-corrected chi connectivity index (χ4v) is 2.85. The maximum absolute atomic E-state index is 12.3. The minimum atomic E-state index is -0.691. The van der Waals surface area contributed by atoms with E-state index >= 15 is 0 Å². The van der Waals surface area contributed by atoms with Gasteiger partial charge in [0.15, 0.2) is 6.10 Å². The van der Waals surface area contributed by atoms with Gasteiger partial charge in [-0.3, -0.25) is 4.79 Å². The van der Waals surface area contributed by atoms with E-state index in [1.54, 1.807) is 13.8 Å². The molecule has 1 atom stereocenters. The van der Waals surface area contributed by atoms with Crippen LogP contribution < -0.4 is 10.1 Å². The number of anilines is 1. The van der Waals surface area contributed by atoms with Gasteiger partial charge in [-0.15, -0.1) is 0 Å². The fourth-order valence-electron chi connectivity index (χ4n) is 2.13. The van der Waals surface area contributed by atoms with Crippen LogP contribution in [0.1, 0.15) is 50.0 Å². The summed E-state index contributed by atoms with van der Waals surface area (Å²) in [6, 6.07) is 7.70. The standard InChI is InChI=1S/C19H24N2O4S/c1-6-24-18(23)17-20-11-15(26-17)21-16(22)12(2)25-14-9-7-13(8-10-14)19(3,4)5/h7-12H,6H2,1-5H3,(H,21,22). The quantitative estimate of drug-likeness (QED) is 0.771. The maximum Gasteiger partial charge on any atom is 0.367 e. The van der Waals surface area contributed by atoms with Crippen molar-refractivity contribution in [1.29, 1.82) is 0 Å². The highest BCUT2D eigenvalue weighted by atomic mass is 32.1. The first-order valence-corrected chi connectivity index (χ1v) is 9.23. The number of thiazole rings is 1. The van der Waals surface area contributed by atoms with E-state index in [1.165, 1.54) is 11.8 Å². The van der Waals surface area contributed by atoms with Crippen molar-refractivity contribution in [3.63, 3.8) is 0 Å². The lowest BCUT2D eigenvalue weighted by Crippen LogP contribution is -2.29. The van der Waals surface area contributed by atoms with Gasteiger partial charge in [0.05, 0.1) is 12.8 Å². The molecule has 2 aromatic rings. The largest absolute Gasteiger partial charge is 0.481 e. The van der Waals surface area contributed by atoms with Crippen molar-refractivity contribution in [3.05, 3.63) is 41.0 Å². The molecule has 0 aliphatic heterocycles. The Morgan fingerprint density at radius 3 is 2.46 bits per heavy atom. The summed E-state index contributed by atoms with van der Waals surface area (Å²) >= 11 is 1.06. The SMILES string of the molecule is CCOC(=O)c1ncc(NC(=O)C(C)Oc2ccc(C(C)(C)C)cc2)s1. The highest BCUT2D eigenvalue weighted by molar-refractivity contribution is 7.17. The molecule has 1 aromatic heterocycles. The Hall–Kier alpha value is -2.41. The monoisotopic (exact) mass is 376 g/mol. The first-order valence-electron chi connectivity index (χ1n) is 8.41. The van der Waals surface area contributed by atoms with E-state index in [0.717, 1.165) is 11.3 Å². The molecule has 26 heavy (non-hydrogen) atoms. The van der Waals surface area contributed by atoms with Gasteiger partial charge in [0, 0.05) is 0 Å². The number of carbonyl (C=O) groups excluding carboxylic acids is 2. The van der Waals surface area contributed by atoms with E-state index in [2.05, 4.69) is 31.1 Å². The van der Waals surface area contributed by atoms with Crippen LogP contribution in [0.25, 0.3) is 0 Å². The molecular formula is C19H24N2O4S. The van der Waals surface area contributed by atoms with Crippen LogP contribution in [0, 0.1) is 0 Å². The van der Waals surface area contributed by atoms with Crippen LogP contribution in [0.3, 0.4) is 0 Å². The van der Waals surface area contributed by atoms with Gasteiger partial charge < -0.3 is 14.8 Å². The first-order chi connectivity index (χ1) is 12.2. The third-order valence-corrected chi connectivity index (χ3v) is 4.50. The zero-order chi connectivity index (χ0) is 19.3. The van der Waals surface area contributed by atoms with Gasteiger partial charge in [0.25, 0.3) is 5.91 Å². The molecule has 7 heteroatoms. The van der Waals surface area contributed by atoms with Gasteiger partial charge in [-0.05, 0) is 37.0 Å². The number of benzene rings is 1. The summed E-state index contributed by atoms with van der Waals surface area (Å²) in [5.41, 5.74) is 1.25. The van der Waals surface area contributed by atoms with Crippen LogP contribution in [0.15, 0.2) is 30.5 Å². The number of amides is 1. The lowest BCUT2D eigenvalue weighted by Gasteiger charge is -2.20. The van der Waals surface area contributed by atoms with Crippen molar-refractivity contribution in [3.8, 4) is 5.75 Å². The van der Waals surface area contributed by atoms with Crippen molar-refractivity contribution < 1.29 is 19.1 Å². The molecule has 0 fully saturated rings. The predicted molar refractivity (Wildman–Crippen MR) is 102 cm³/mol. The average molecular weight is 376 g/mol. The molecule has 0 saturated heterocycles. The number of ether oxygens (including phenoxy) is 2. The second kappa shape index (κ2) is 8.31. The molecule has 0 bridgehead atoms. The molecular weight excluding hydrogens is 352 g/mol. The molecule has 2 rings (SSSR count). The number of aromatic nitrogens is 1. The van der Waals surface area contributed by atoms with E-state index in [4.69, 9.17) is 9.47 Å². The van der Waals surface area contributed by atoms with E-state index in [0.29, 0.717) is 10.8 Å². The molecule has 0 radical (unpaired) electrons. The molecule has 0 aliphatic carbocycles. The highest BCUT2D eigenvalue weighted by Crippen LogP contribution is 2.25. The zero-order valence-corrected chi connectivity index (χ0v) is 16.5. The average Bonchev–Trinajstić information content (AvgIpc) is 3.03. The van der Waals surface area contributed by atoms with Crippen molar-refractivity contribution in [2.24, 2.45) is 0 Å². The van der Waals surface area contributed by atoms with Crippen LogP contribution in [0.2, 0.25) is 0 Å². The Morgan fingerprint density at radius 2 is 1.88 bits per heavy atom. The second-order valence-corrected chi connectivity index (χ2v) is 7.80. The molecule has 140 valence electrons. The Balaban J connectivity index is 1.94. The Bertz CT molecular complexity index is 763. The summed E-state index contributed by atoms with van der Waals surface area (Å²) < 4.78 is 10.6. The first kappa shape index (κ1) is 19.9. The van der Waals surface area contributed by atoms with Crippen LogP contribution in [0.5, 0.6) is 5.75 Å².